The summed E-state index contributed by atoms with van der Waals surface area (Å²) in [6.07, 6.45) is -1.59. The minimum atomic E-state index is -4.38. The predicted molar refractivity (Wildman–Crippen MR) is 95.9 cm³/mol. The fourth-order valence-corrected chi connectivity index (χ4v) is 3.16. The summed E-state index contributed by atoms with van der Waals surface area (Å²) in [6, 6.07) is 11.1. The number of aromatic amines is 1. The van der Waals surface area contributed by atoms with Crippen LogP contribution >= 0.6 is 0 Å². The van der Waals surface area contributed by atoms with E-state index in [0.717, 1.165) is 24.0 Å². The summed E-state index contributed by atoms with van der Waals surface area (Å²) in [5, 5.41) is 9.96. The lowest BCUT2D eigenvalue weighted by Crippen LogP contribution is -2.04. The highest BCUT2D eigenvalue weighted by molar-refractivity contribution is 7.90. The van der Waals surface area contributed by atoms with Gasteiger partial charge in [0.05, 0.1) is 16.2 Å². The first-order chi connectivity index (χ1) is 12.6. The molecule has 1 aromatic heterocycles. The van der Waals surface area contributed by atoms with Crippen LogP contribution in [0.2, 0.25) is 0 Å². The van der Waals surface area contributed by atoms with Crippen LogP contribution in [-0.4, -0.2) is 24.9 Å². The lowest BCUT2D eigenvalue weighted by atomic mass is 10.1. The number of aromatic nitrogens is 2. The Labute approximate surface area is 154 Å². The topological polar surface area (TPSA) is 74.8 Å². The van der Waals surface area contributed by atoms with Gasteiger partial charge in [0.25, 0.3) is 0 Å². The van der Waals surface area contributed by atoms with Crippen molar-refractivity contribution in [3.05, 3.63) is 65.9 Å². The van der Waals surface area contributed by atoms with E-state index >= 15 is 0 Å². The zero-order valence-corrected chi connectivity index (χ0v) is 15.0. The monoisotopic (exact) mass is 395 g/mol. The summed E-state index contributed by atoms with van der Waals surface area (Å²) in [5.41, 5.74) is 1.87. The normalized spacial score (nSPS) is 12.1. The van der Waals surface area contributed by atoms with E-state index in [4.69, 9.17) is 0 Å². The van der Waals surface area contributed by atoms with Gasteiger partial charge in [-0.2, -0.15) is 18.3 Å². The highest BCUT2D eigenvalue weighted by Gasteiger charge is 2.30. The lowest BCUT2D eigenvalue weighted by Gasteiger charge is -2.09. The third kappa shape index (κ3) is 4.48. The number of hydrogen-bond acceptors (Lipinski definition) is 4. The zero-order valence-electron chi connectivity index (χ0n) is 14.2. The predicted octanol–water partition coefficient (Wildman–Crippen LogP) is 4.11. The Morgan fingerprint density at radius 3 is 2.22 bits per heavy atom. The van der Waals surface area contributed by atoms with E-state index in [1.807, 2.05) is 0 Å². The Morgan fingerprint density at radius 2 is 1.67 bits per heavy atom. The molecule has 3 rings (SSSR count). The molecule has 142 valence electrons. The molecule has 0 amide bonds. The molecule has 0 aliphatic rings. The number of nitrogens with zero attached hydrogens (tertiary/aromatic N) is 1. The Hall–Kier alpha value is -2.81. The van der Waals surface area contributed by atoms with Gasteiger partial charge in [0.15, 0.2) is 9.84 Å². The molecule has 2 aromatic carbocycles. The molecule has 0 radical (unpaired) electrons. The molecule has 1 heterocycles. The maximum atomic E-state index is 12.7. The van der Waals surface area contributed by atoms with Gasteiger partial charge in [0.2, 0.25) is 0 Å². The van der Waals surface area contributed by atoms with Gasteiger partial charge in [0.1, 0.15) is 0 Å². The fraction of sp³-hybridized carbons (Fsp3) is 0.167. The first kappa shape index (κ1) is 19.0. The molecule has 2 N–H and O–H groups in total. The largest absolute Gasteiger partial charge is 0.416 e. The molecule has 0 saturated heterocycles. The minimum absolute atomic E-state index is 0.224. The van der Waals surface area contributed by atoms with Crippen molar-refractivity contribution in [1.82, 2.24) is 10.2 Å². The number of alkyl halides is 3. The van der Waals surface area contributed by atoms with Crippen molar-refractivity contribution in [1.29, 1.82) is 0 Å². The van der Waals surface area contributed by atoms with Gasteiger partial charge in [-0.05, 0) is 36.4 Å². The number of anilines is 1. The first-order valence-corrected chi connectivity index (χ1v) is 9.78. The van der Waals surface area contributed by atoms with Crippen LogP contribution < -0.4 is 5.32 Å². The summed E-state index contributed by atoms with van der Waals surface area (Å²) in [6.45, 7) is 0.366. The van der Waals surface area contributed by atoms with Gasteiger partial charge < -0.3 is 5.32 Å². The molecule has 0 atom stereocenters. The SMILES string of the molecule is CS(=O)(=O)c1ccc(NCc2c[nH]nc2-c2ccc(C(F)(F)F)cc2)cc1. The van der Waals surface area contributed by atoms with E-state index in [-0.39, 0.29) is 4.90 Å². The van der Waals surface area contributed by atoms with Gasteiger partial charge in [-0.3, -0.25) is 5.10 Å². The molecular weight excluding hydrogens is 379 g/mol. The first-order valence-electron chi connectivity index (χ1n) is 7.89. The smallest absolute Gasteiger partial charge is 0.381 e. The number of hydrogen-bond donors (Lipinski definition) is 2. The van der Waals surface area contributed by atoms with Gasteiger partial charge in [-0.25, -0.2) is 8.42 Å². The summed E-state index contributed by atoms with van der Waals surface area (Å²) in [7, 11) is -3.26. The van der Waals surface area contributed by atoms with Crippen LogP contribution in [0.5, 0.6) is 0 Å². The Bertz CT molecular complexity index is 1020. The number of rotatable bonds is 5. The molecule has 0 spiro atoms. The standard InChI is InChI=1S/C18H16F3N3O2S/c1-27(25,26)16-8-6-15(7-9-16)22-10-13-11-23-24-17(13)12-2-4-14(5-3-12)18(19,20)21/h2-9,11,22H,10H2,1H3,(H,23,24). The lowest BCUT2D eigenvalue weighted by molar-refractivity contribution is -0.137. The molecule has 0 aliphatic carbocycles. The molecule has 3 aromatic rings. The molecule has 0 bridgehead atoms. The highest BCUT2D eigenvalue weighted by atomic mass is 32.2. The van der Waals surface area contributed by atoms with Crippen LogP contribution in [0.4, 0.5) is 18.9 Å². The number of halogens is 3. The second-order valence-corrected chi connectivity index (χ2v) is 8.00. The van der Waals surface area contributed by atoms with Gasteiger partial charge in [-0.1, -0.05) is 12.1 Å². The molecule has 27 heavy (non-hydrogen) atoms. The van der Waals surface area contributed by atoms with E-state index in [0.29, 0.717) is 23.5 Å². The van der Waals surface area contributed by atoms with E-state index in [1.165, 1.54) is 24.3 Å². The average Bonchev–Trinajstić information content (AvgIpc) is 3.07. The average molecular weight is 395 g/mol. The Morgan fingerprint density at radius 1 is 1.04 bits per heavy atom. The summed E-state index contributed by atoms with van der Waals surface area (Å²) in [5.74, 6) is 0. The quantitative estimate of drug-likeness (QED) is 0.682. The number of H-pyrrole nitrogens is 1. The van der Waals surface area contributed by atoms with Crippen LogP contribution in [-0.2, 0) is 22.6 Å². The second kappa shape index (κ2) is 7.07. The van der Waals surface area contributed by atoms with E-state index < -0.39 is 21.6 Å². The van der Waals surface area contributed by atoms with Crippen molar-refractivity contribution in [3.63, 3.8) is 0 Å². The van der Waals surface area contributed by atoms with Crippen LogP contribution in [0.1, 0.15) is 11.1 Å². The second-order valence-electron chi connectivity index (χ2n) is 5.98. The van der Waals surface area contributed by atoms with Crippen LogP contribution in [0.3, 0.4) is 0 Å². The van der Waals surface area contributed by atoms with Gasteiger partial charge in [0, 0.05) is 35.8 Å². The molecular formula is C18H16F3N3O2S. The molecule has 0 fully saturated rings. The number of sulfone groups is 1. The molecule has 9 heteroatoms. The zero-order chi connectivity index (χ0) is 19.7. The number of nitrogens with one attached hydrogen (secondary N) is 2. The Balaban J connectivity index is 1.74. The van der Waals surface area contributed by atoms with Crippen molar-refractivity contribution >= 4 is 15.5 Å². The molecule has 0 unspecified atom stereocenters. The number of benzene rings is 2. The van der Waals surface area contributed by atoms with Crippen LogP contribution in [0.15, 0.2) is 59.6 Å². The fourth-order valence-electron chi connectivity index (χ4n) is 2.53. The van der Waals surface area contributed by atoms with Crippen molar-refractivity contribution in [2.45, 2.75) is 17.6 Å². The van der Waals surface area contributed by atoms with Gasteiger partial charge in [-0.15, -0.1) is 0 Å². The molecule has 0 saturated carbocycles. The summed E-state index contributed by atoms with van der Waals surface area (Å²) in [4.78, 5) is 0.224. The van der Waals surface area contributed by atoms with Crippen molar-refractivity contribution < 1.29 is 21.6 Å². The maximum Gasteiger partial charge on any atom is 0.416 e. The van der Waals surface area contributed by atoms with Crippen LogP contribution in [0.25, 0.3) is 11.3 Å². The van der Waals surface area contributed by atoms with Crippen molar-refractivity contribution in [2.24, 2.45) is 0 Å². The Kier molecular flexibility index (Phi) is 4.97. The van der Waals surface area contributed by atoms with Crippen molar-refractivity contribution in [2.75, 3.05) is 11.6 Å². The highest BCUT2D eigenvalue weighted by Crippen LogP contribution is 2.31. The van der Waals surface area contributed by atoms with E-state index in [9.17, 15) is 21.6 Å². The third-order valence-electron chi connectivity index (χ3n) is 3.97. The summed E-state index contributed by atoms with van der Waals surface area (Å²) >= 11 is 0. The molecule has 5 nitrogen and oxygen atoms in total. The van der Waals surface area contributed by atoms with Crippen LogP contribution in [0, 0.1) is 0 Å². The van der Waals surface area contributed by atoms with E-state index in [1.54, 1.807) is 18.3 Å². The van der Waals surface area contributed by atoms with Crippen molar-refractivity contribution in [3.8, 4) is 11.3 Å². The molecule has 0 aliphatic heterocycles. The van der Waals surface area contributed by atoms with E-state index in [2.05, 4.69) is 15.5 Å². The van der Waals surface area contributed by atoms with Gasteiger partial charge >= 0.3 is 6.18 Å². The minimum Gasteiger partial charge on any atom is -0.381 e. The summed E-state index contributed by atoms with van der Waals surface area (Å²) < 4.78 is 61.0. The maximum absolute atomic E-state index is 12.7. The third-order valence-corrected chi connectivity index (χ3v) is 5.10.